The number of hydrogen-bond donors (Lipinski definition) is 0. The molecule has 0 aliphatic heterocycles. The van der Waals surface area contributed by atoms with Crippen molar-refractivity contribution in [3.8, 4) is 5.75 Å². The second kappa shape index (κ2) is 5.94. The molecule has 0 bridgehead atoms. The summed E-state index contributed by atoms with van der Waals surface area (Å²) in [4.78, 5) is 16.7. The van der Waals surface area contributed by atoms with Gasteiger partial charge in [-0.1, -0.05) is 13.8 Å². The zero-order valence-corrected chi connectivity index (χ0v) is 13.0. The van der Waals surface area contributed by atoms with Crippen LogP contribution >= 0.6 is 0 Å². The molecule has 1 saturated carbocycles. The van der Waals surface area contributed by atoms with Crippen LogP contribution in [0.2, 0.25) is 0 Å². The van der Waals surface area contributed by atoms with Gasteiger partial charge in [-0.05, 0) is 51.0 Å². The molecule has 3 nitrogen and oxygen atoms in total. The van der Waals surface area contributed by atoms with Crippen LogP contribution in [0.25, 0.3) is 0 Å². The van der Waals surface area contributed by atoms with Crippen molar-refractivity contribution < 1.29 is 9.53 Å². The van der Waals surface area contributed by atoms with E-state index in [1.807, 2.05) is 19.9 Å². The SMILES string of the molecule is CC(C)Oc1cncc(C(=O)C2CCC(C)(C)CC2)c1. The highest BCUT2D eigenvalue weighted by atomic mass is 16.5. The summed E-state index contributed by atoms with van der Waals surface area (Å²) in [5.74, 6) is 1.06. The summed E-state index contributed by atoms with van der Waals surface area (Å²) in [5, 5.41) is 0. The van der Waals surface area contributed by atoms with Gasteiger partial charge in [0.05, 0.1) is 12.3 Å². The average Bonchev–Trinajstić information content (AvgIpc) is 2.37. The van der Waals surface area contributed by atoms with Crippen molar-refractivity contribution in [3.63, 3.8) is 0 Å². The van der Waals surface area contributed by atoms with Crippen LogP contribution in [0.4, 0.5) is 0 Å². The summed E-state index contributed by atoms with van der Waals surface area (Å²) in [6.45, 7) is 8.51. The summed E-state index contributed by atoms with van der Waals surface area (Å²) >= 11 is 0. The lowest BCUT2D eigenvalue weighted by molar-refractivity contribution is 0.0837. The zero-order valence-electron chi connectivity index (χ0n) is 13.0. The molecule has 0 spiro atoms. The highest BCUT2D eigenvalue weighted by Crippen LogP contribution is 2.39. The second-order valence-electron chi connectivity index (χ2n) is 6.88. The maximum absolute atomic E-state index is 12.6. The first-order valence-electron chi connectivity index (χ1n) is 7.53. The first-order chi connectivity index (χ1) is 9.37. The molecule has 3 heteroatoms. The molecule has 0 N–H and O–H groups in total. The molecule has 0 radical (unpaired) electrons. The molecule has 1 aliphatic carbocycles. The van der Waals surface area contributed by atoms with Crippen LogP contribution in [0.5, 0.6) is 5.75 Å². The molecule has 1 fully saturated rings. The summed E-state index contributed by atoms with van der Waals surface area (Å²) in [7, 11) is 0. The van der Waals surface area contributed by atoms with Gasteiger partial charge in [0.15, 0.2) is 5.78 Å². The Labute approximate surface area is 121 Å². The molecule has 0 saturated heterocycles. The smallest absolute Gasteiger partial charge is 0.167 e. The van der Waals surface area contributed by atoms with E-state index in [1.54, 1.807) is 12.4 Å². The third kappa shape index (κ3) is 3.81. The molecule has 0 unspecified atom stereocenters. The van der Waals surface area contributed by atoms with Crippen LogP contribution in [-0.2, 0) is 0 Å². The van der Waals surface area contributed by atoms with Crippen LogP contribution in [0, 0.1) is 11.3 Å². The van der Waals surface area contributed by atoms with Gasteiger partial charge in [-0.25, -0.2) is 0 Å². The number of hydrogen-bond acceptors (Lipinski definition) is 3. The van der Waals surface area contributed by atoms with E-state index in [1.165, 1.54) is 0 Å². The molecule has 0 atom stereocenters. The van der Waals surface area contributed by atoms with Crippen LogP contribution in [0.15, 0.2) is 18.5 Å². The van der Waals surface area contributed by atoms with Gasteiger partial charge in [0.25, 0.3) is 0 Å². The van der Waals surface area contributed by atoms with Crippen LogP contribution in [0.1, 0.15) is 63.7 Å². The van der Waals surface area contributed by atoms with Crippen molar-refractivity contribution in [2.75, 3.05) is 0 Å². The van der Waals surface area contributed by atoms with Gasteiger partial charge >= 0.3 is 0 Å². The predicted octanol–water partition coefficient (Wildman–Crippen LogP) is 4.27. The Morgan fingerprint density at radius 3 is 2.55 bits per heavy atom. The van der Waals surface area contributed by atoms with Gasteiger partial charge in [0.2, 0.25) is 0 Å². The Morgan fingerprint density at radius 1 is 1.30 bits per heavy atom. The fraction of sp³-hybridized carbons (Fsp3) is 0.647. The Balaban J connectivity index is 2.06. The molecule has 0 amide bonds. The van der Waals surface area contributed by atoms with E-state index < -0.39 is 0 Å². The van der Waals surface area contributed by atoms with Crippen molar-refractivity contribution in [1.29, 1.82) is 0 Å². The third-order valence-electron chi connectivity index (χ3n) is 4.08. The Bertz CT molecular complexity index is 470. The Hall–Kier alpha value is -1.38. The summed E-state index contributed by atoms with van der Waals surface area (Å²) in [6, 6.07) is 1.83. The van der Waals surface area contributed by atoms with E-state index in [9.17, 15) is 4.79 Å². The predicted molar refractivity (Wildman–Crippen MR) is 80.1 cm³/mol. The van der Waals surface area contributed by atoms with Gasteiger partial charge in [-0.2, -0.15) is 0 Å². The molecular formula is C17H25NO2. The van der Waals surface area contributed by atoms with Gasteiger partial charge in [0.1, 0.15) is 5.75 Å². The fourth-order valence-electron chi connectivity index (χ4n) is 2.79. The Morgan fingerprint density at radius 2 is 1.95 bits per heavy atom. The zero-order chi connectivity index (χ0) is 14.8. The van der Waals surface area contributed by atoms with Crippen LogP contribution in [0.3, 0.4) is 0 Å². The van der Waals surface area contributed by atoms with E-state index in [0.717, 1.165) is 25.7 Å². The largest absolute Gasteiger partial charge is 0.489 e. The van der Waals surface area contributed by atoms with E-state index >= 15 is 0 Å². The van der Waals surface area contributed by atoms with Gasteiger partial charge < -0.3 is 4.74 Å². The van der Waals surface area contributed by atoms with Gasteiger partial charge in [-0.15, -0.1) is 0 Å². The van der Waals surface area contributed by atoms with Crippen LogP contribution < -0.4 is 4.74 Å². The quantitative estimate of drug-likeness (QED) is 0.770. The molecule has 1 heterocycles. The lowest BCUT2D eigenvalue weighted by Crippen LogP contribution is -2.26. The highest BCUT2D eigenvalue weighted by Gasteiger charge is 2.31. The third-order valence-corrected chi connectivity index (χ3v) is 4.08. The van der Waals surface area contributed by atoms with E-state index in [0.29, 0.717) is 16.7 Å². The molecule has 2 rings (SSSR count). The van der Waals surface area contributed by atoms with Crippen molar-refractivity contribution >= 4 is 5.78 Å². The van der Waals surface area contributed by atoms with Crippen molar-refractivity contribution in [3.05, 3.63) is 24.0 Å². The number of carbonyl (C=O) groups excluding carboxylic acids is 1. The molecule has 1 aliphatic rings. The first kappa shape index (κ1) is 15.0. The molecule has 110 valence electrons. The van der Waals surface area contributed by atoms with E-state index in [4.69, 9.17) is 4.74 Å². The average molecular weight is 275 g/mol. The molecule has 1 aromatic heterocycles. The van der Waals surface area contributed by atoms with Gasteiger partial charge in [-0.3, -0.25) is 9.78 Å². The minimum atomic E-state index is 0.0950. The number of ether oxygens (including phenoxy) is 1. The Kier molecular flexibility index (Phi) is 4.46. The number of ketones is 1. The second-order valence-corrected chi connectivity index (χ2v) is 6.88. The summed E-state index contributed by atoms with van der Waals surface area (Å²) in [5.41, 5.74) is 1.07. The lowest BCUT2D eigenvalue weighted by Gasteiger charge is -2.33. The first-order valence-corrected chi connectivity index (χ1v) is 7.53. The minimum Gasteiger partial charge on any atom is -0.489 e. The number of aromatic nitrogens is 1. The summed E-state index contributed by atoms with van der Waals surface area (Å²) in [6.07, 6.45) is 7.65. The molecular weight excluding hydrogens is 250 g/mol. The maximum atomic E-state index is 12.6. The number of pyridine rings is 1. The minimum absolute atomic E-state index is 0.0950. The normalized spacial score (nSPS) is 19.1. The van der Waals surface area contributed by atoms with Crippen molar-refractivity contribution in [1.82, 2.24) is 4.98 Å². The maximum Gasteiger partial charge on any atom is 0.167 e. The number of carbonyl (C=O) groups is 1. The highest BCUT2D eigenvalue weighted by molar-refractivity contribution is 5.97. The lowest BCUT2D eigenvalue weighted by atomic mass is 9.71. The van der Waals surface area contributed by atoms with E-state index in [2.05, 4.69) is 18.8 Å². The molecule has 1 aromatic rings. The monoisotopic (exact) mass is 275 g/mol. The number of rotatable bonds is 4. The van der Waals surface area contributed by atoms with Crippen molar-refractivity contribution in [2.45, 2.75) is 59.5 Å². The fourth-order valence-corrected chi connectivity index (χ4v) is 2.79. The molecule has 20 heavy (non-hydrogen) atoms. The van der Waals surface area contributed by atoms with E-state index in [-0.39, 0.29) is 17.8 Å². The number of Topliss-reactive ketones (excluding diaryl/α,β-unsaturated/α-hetero) is 1. The van der Waals surface area contributed by atoms with Gasteiger partial charge in [0, 0.05) is 17.7 Å². The molecule has 0 aromatic carbocycles. The summed E-state index contributed by atoms with van der Waals surface area (Å²) < 4.78 is 5.61. The van der Waals surface area contributed by atoms with Crippen molar-refractivity contribution in [2.24, 2.45) is 11.3 Å². The standard InChI is InChI=1S/C17H25NO2/c1-12(2)20-15-9-14(10-18-11-15)16(19)13-5-7-17(3,4)8-6-13/h9-13H,5-8H2,1-4H3. The van der Waals surface area contributed by atoms with Crippen LogP contribution in [-0.4, -0.2) is 16.9 Å². The number of nitrogens with zero attached hydrogens (tertiary/aromatic N) is 1. The topological polar surface area (TPSA) is 39.2 Å².